The Morgan fingerprint density at radius 2 is 1.65 bits per heavy atom. The van der Waals surface area contributed by atoms with Crippen LogP contribution in [0.3, 0.4) is 0 Å². The van der Waals surface area contributed by atoms with Crippen LogP contribution in [0.1, 0.15) is 10.4 Å². The van der Waals surface area contributed by atoms with Crippen LogP contribution in [-0.2, 0) is 14.6 Å². The van der Waals surface area contributed by atoms with E-state index < -0.39 is 27.5 Å². The third-order valence-corrected chi connectivity index (χ3v) is 4.77. The minimum Gasteiger partial charge on any atom is -0.480 e. The lowest BCUT2D eigenvalue weighted by molar-refractivity contribution is -0.134. The number of benzene rings is 2. The van der Waals surface area contributed by atoms with Gasteiger partial charge in [-0.05, 0) is 36.4 Å². The maximum absolute atomic E-state index is 12.3. The van der Waals surface area contributed by atoms with Gasteiger partial charge in [0, 0.05) is 16.9 Å². The van der Waals surface area contributed by atoms with E-state index in [2.05, 4.69) is 10.6 Å². The summed E-state index contributed by atoms with van der Waals surface area (Å²) in [5.41, 5.74) is 6.15. The van der Waals surface area contributed by atoms with Gasteiger partial charge in [0.1, 0.15) is 0 Å². The molecule has 0 aromatic heterocycles. The smallest absolute Gasteiger partial charge is 0.319 e. The summed E-state index contributed by atoms with van der Waals surface area (Å²) in [5, 5.41) is 21.0. The fourth-order valence-corrected chi connectivity index (χ4v) is 3.19. The Kier molecular flexibility index (Phi) is 5.58. The number of hydrogen-bond donors (Lipinski definition) is 5. The van der Waals surface area contributed by atoms with Gasteiger partial charge in [-0.15, -0.1) is 0 Å². The number of anilines is 2. The number of rotatable bonds is 6. The molecule has 0 bridgehead atoms. The van der Waals surface area contributed by atoms with E-state index in [1.807, 2.05) is 0 Å². The van der Waals surface area contributed by atoms with Crippen molar-refractivity contribution in [2.45, 2.75) is 4.90 Å². The Hall–Kier alpha value is -3.40. The van der Waals surface area contributed by atoms with E-state index in [0.717, 1.165) is 0 Å². The lowest BCUT2D eigenvalue weighted by Crippen LogP contribution is -2.21. The van der Waals surface area contributed by atoms with E-state index in [4.69, 9.17) is 16.2 Å². The molecule has 10 heteroatoms. The Morgan fingerprint density at radius 1 is 1.04 bits per heavy atom. The molecule has 26 heavy (non-hydrogen) atoms. The lowest BCUT2D eigenvalue weighted by Gasteiger charge is -2.09. The number of carbonyl (C=O) groups excluding carboxylic acids is 1. The van der Waals surface area contributed by atoms with Crippen molar-refractivity contribution in [2.75, 3.05) is 16.4 Å². The molecule has 9 nitrogen and oxygen atoms in total. The van der Waals surface area contributed by atoms with Crippen LogP contribution in [0, 0.1) is 5.41 Å². The van der Waals surface area contributed by atoms with Crippen LogP contribution in [0.5, 0.6) is 0 Å². The standard InChI is InChI=1S/C16H16N4O5S/c17-16(18)20-11-4-1-3-10(7-11)15(23)19-12-5-2-6-13(8-12)26(24,25)9-14(21)22/h1-8H,9H2,(H,19,23)(H,21,22)(H4,17,18,20). The number of aliphatic carboxylic acids is 1. The first kappa shape index (κ1) is 18.9. The quantitative estimate of drug-likeness (QED) is 0.372. The van der Waals surface area contributed by atoms with E-state index in [-0.39, 0.29) is 22.1 Å². The van der Waals surface area contributed by atoms with Gasteiger partial charge in [0.15, 0.2) is 21.5 Å². The zero-order valence-corrected chi connectivity index (χ0v) is 14.2. The Morgan fingerprint density at radius 3 is 2.27 bits per heavy atom. The molecule has 2 aromatic rings. The lowest BCUT2D eigenvalue weighted by atomic mass is 10.2. The first-order valence-electron chi connectivity index (χ1n) is 7.24. The molecule has 2 aromatic carbocycles. The molecule has 0 atom stereocenters. The third kappa shape index (κ3) is 5.05. The number of nitrogens with two attached hydrogens (primary N) is 1. The summed E-state index contributed by atoms with van der Waals surface area (Å²) < 4.78 is 23.9. The Balaban J connectivity index is 2.21. The number of hydrogen-bond acceptors (Lipinski definition) is 5. The second-order valence-corrected chi connectivity index (χ2v) is 7.24. The predicted molar refractivity (Wildman–Crippen MR) is 96.1 cm³/mol. The van der Waals surface area contributed by atoms with Gasteiger partial charge < -0.3 is 21.5 Å². The minimum absolute atomic E-state index is 0.200. The molecule has 0 fully saturated rings. The molecular weight excluding hydrogens is 360 g/mol. The van der Waals surface area contributed by atoms with E-state index in [0.29, 0.717) is 5.69 Å². The van der Waals surface area contributed by atoms with Gasteiger partial charge in [-0.2, -0.15) is 0 Å². The van der Waals surface area contributed by atoms with Gasteiger partial charge in [0.05, 0.1) is 4.90 Å². The predicted octanol–water partition coefficient (Wildman–Crippen LogP) is 1.10. The molecule has 0 saturated carbocycles. The van der Waals surface area contributed by atoms with Crippen molar-refractivity contribution in [1.82, 2.24) is 0 Å². The topological polar surface area (TPSA) is 162 Å². The van der Waals surface area contributed by atoms with Gasteiger partial charge in [-0.3, -0.25) is 15.0 Å². The van der Waals surface area contributed by atoms with Crippen molar-refractivity contribution in [1.29, 1.82) is 5.41 Å². The summed E-state index contributed by atoms with van der Waals surface area (Å²) in [6.45, 7) is 0. The number of guanidine groups is 1. The molecule has 0 radical (unpaired) electrons. The SMILES string of the molecule is N=C(N)Nc1cccc(C(=O)Nc2cccc(S(=O)(=O)CC(=O)O)c2)c1. The number of carbonyl (C=O) groups is 2. The van der Waals surface area contributed by atoms with Gasteiger partial charge in [0.25, 0.3) is 5.91 Å². The van der Waals surface area contributed by atoms with Crippen LogP contribution in [-0.4, -0.2) is 37.1 Å². The van der Waals surface area contributed by atoms with Crippen molar-refractivity contribution >= 4 is 39.0 Å². The van der Waals surface area contributed by atoms with Crippen LogP contribution in [0.4, 0.5) is 11.4 Å². The molecular formula is C16H16N4O5S. The van der Waals surface area contributed by atoms with Crippen LogP contribution in [0.2, 0.25) is 0 Å². The second-order valence-electron chi connectivity index (χ2n) is 5.25. The maximum Gasteiger partial charge on any atom is 0.319 e. The van der Waals surface area contributed by atoms with Gasteiger partial charge in [0.2, 0.25) is 0 Å². The average Bonchev–Trinajstić information content (AvgIpc) is 2.53. The molecule has 0 heterocycles. The Labute approximate surface area is 149 Å². The molecule has 0 unspecified atom stereocenters. The molecule has 1 amide bonds. The van der Waals surface area contributed by atoms with Crippen molar-refractivity contribution in [2.24, 2.45) is 5.73 Å². The van der Waals surface area contributed by atoms with Gasteiger partial charge in [-0.25, -0.2) is 8.42 Å². The largest absolute Gasteiger partial charge is 0.480 e. The van der Waals surface area contributed by atoms with Crippen molar-refractivity contribution in [3.63, 3.8) is 0 Å². The first-order valence-corrected chi connectivity index (χ1v) is 8.90. The van der Waals surface area contributed by atoms with Crippen LogP contribution in [0.15, 0.2) is 53.4 Å². The second kappa shape index (κ2) is 7.66. The van der Waals surface area contributed by atoms with E-state index >= 15 is 0 Å². The molecule has 6 N–H and O–H groups in total. The molecule has 0 spiro atoms. The fourth-order valence-electron chi connectivity index (χ4n) is 2.11. The number of sulfone groups is 1. The van der Waals surface area contributed by atoms with Gasteiger partial charge in [-0.1, -0.05) is 12.1 Å². The summed E-state index contributed by atoms with van der Waals surface area (Å²) in [5.74, 6) is -3.29. The summed E-state index contributed by atoms with van der Waals surface area (Å²) in [6.07, 6.45) is 0. The van der Waals surface area contributed by atoms with Crippen molar-refractivity contribution in [3.8, 4) is 0 Å². The minimum atomic E-state index is -4.00. The number of amides is 1. The number of carboxylic acid groups (broad SMARTS) is 1. The molecule has 0 aliphatic carbocycles. The zero-order chi connectivity index (χ0) is 19.3. The highest BCUT2D eigenvalue weighted by Gasteiger charge is 2.19. The average molecular weight is 376 g/mol. The summed E-state index contributed by atoms with van der Waals surface area (Å²) in [6, 6.07) is 11.5. The summed E-state index contributed by atoms with van der Waals surface area (Å²) in [7, 11) is -4.00. The first-order chi connectivity index (χ1) is 12.2. The molecule has 0 aliphatic heterocycles. The summed E-state index contributed by atoms with van der Waals surface area (Å²) in [4.78, 5) is 22.8. The van der Waals surface area contributed by atoms with Crippen molar-refractivity contribution < 1.29 is 23.1 Å². The molecule has 0 aliphatic rings. The van der Waals surface area contributed by atoms with Crippen LogP contribution < -0.4 is 16.4 Å². The molecule has 136 valence electrons. The summed E-state index contributed by atoms with van der Waals surface area (Å²) >= 11 is 0. The van der Waals surface area contributed by atoms with E-state index in [1.54, 1.807) is 12.1 Å². The van der Waals surface area contributed by atoms with E-state index in [9.17, 15) is 18.0 Å². The van der Waals surface area contributed by atoms with Crippen LogP contribution in [0.25, 0.3) is 0 Å². The highest BCUT2D eigenvalue weighted by Crippen LogP contribution is 2.18. The van der Waals surface area contributed by atoms with Crippen LogP contribution >= 0.6 is 0 Å². The zero-order valence-electron chi connectivity index (χ0n) is 13.4. The van der Waals surface area contributed by atoms with Crippen molar-refractivity contribution in [3.05, 3.63) is 54.1 Å². The Bertz CT molecular complexity index is 972. The third-order valence-electron chi connectivity index (χ3n) is 3.17. The maximum atomic E-state index is 12.3. The number of nitrogens with one attached hydrogen (secondary N) is 3. The molecule has 2 rings (SSSR count). The monoisotopic (exact) mass is 376 g/mol. The highest BCUT2D eigenvalue weighted by molar-refractivity contribution is 7.92. The normalized spacial score (nSPS) is 10.8. The highest BCUT2D eigenvalue weighted by atomic mass is 32.2. The van der Waals surface area contributed by atoms with E-state index in [1.165, 1.54) is 36.4 Å². The van der Waals surface area contributed by atoms with Gasteiger partial charge >= 0.3 is 5.97 Å². The number of carboxylic acids is 1. The molecule has 0 saturated heterocycles. The fraction of sp³-hybridized carbons (Fsp3) is 0.0625.